The van der Waals surface area contributed by atoms with Crippen LogP contribution in [0.25, 0.3) is 0 Å². The minimum atomic E-state index is -0.891. The van der Waals surface area contributed by atoms with Gasteiger partial charge in [-0.25, -0.2) is 4.79 Å². The Morgan fingerprint density at radius 1 is 1.00 bits per heavy atom. The molecule has 0 spiro atoms. The summed E-state index contributed by atoms with van der Waals surface area (Å²) in [4.78, 5) is 52.3. The Morgan fingerprint density at radius 3 is 2.32 bits per heavy atom. The molecule has 2 N–H and O–H groups in total. The van der Waals surface area contributed by atoms with Crippen molar-refractivity contribution >= 4 is 29.6 Å². The van der Waals surface area contributed by atoms with E-state index in [1.54, 1.807) is 52.0 Å². The van der Waals surface area contributed by atoms with Crippen molar-refractivity contribution in [2.75, 3.05) is 31.2 Å². The second-order valence-electron chi connectivity index (χ2n) is 11.9. The Morgan fingerprint density at radius 2 is 1.66 bits per heavy atom. The van der Waals surface area contributed by atoms with Crippen LogP contribution in [0.3, 0.4) is 0 Å². The SMILES string of the molecule is CCOC(=O)[C@H](CCCCCCNC(=O)OC(C)(C)C)NC1COc2ccccc2N(CC(=O)OC(C)(C)C)C1=O. The van der Waals surface area contributed by atoms with Gasteiger partial charge in [-0.1, -0.05) is 31.4 Å². The van der Waals surface area contributed by atoms with Crippen molar-refractivity contribution in [3.8, 4) is 5.75 Å². The fourth-order valence-electron chi connectivity index (χ4n) is 4.23. The van der Waals surface area contributed by atoms with Gasteiger partial charge < -0.3 is 24.3 Å². The third-order valence-corrected chi connectivity index (χ3v) is 5.89. The Hall–Kier alpha value is -3.34. The summed E-state index contributed by atoms with van der Waals surface area (Å²) in [7, 11) is 0. The summed E-state index contributed by atoms with van der Waals surface area (Å²) in [6, 6.07) is 5.35. The number of alkyl carbamates (subject to hydrolysis) is 1. The third kappa shape index (κ3) is 12.4. The molecule has 0 radical (unpaired) electrons. The Labute approximate surface area is 243 Å². The first-order valence-corrected chi connectivity index (χ1v) is 14.3. The highest BCUT2D eigenvalue weighted by Crippen LogP contribution is 2.31. The highest BCUT2D eigenvalue weighted by Gasteiger charge is 2.36. The van der Waals surface area contributed by atoms with Crippen LogP contribution in [0, 0.1) is 0 Å². The Kier molecular flexibility index (Phi) is 12.9. The zero-order valence-electron chi connectivity index (χ0n) is 25.5. The van der Waals surface area contributed by atoms with Crippen LogP contribution in [-0.4, -0.2) is 73.5 Å². The van der Waals surface area contributed by atoms with E-state index in [1.165, 1.54) is 4.90 Å². The van der Waals surface area contributed by atoms with Gasteiger partial charge in [0.1, 0.15) is 42.2 Å². The van der Waals surface area contributed by atoms with Gasteiger partial charge in [-0.3, -0.25) is 24.6 Å². The van der Waals surface area contributed by atoms with Gasteiger partial charge >= 0.3 is 18.0 Å². The first kappa shape index (κ1) is 33.9. The number of hydrogen-bond acceptors (Lipinski definition) is 9. The van der Waals surface area contributed by atoms with Gasteiger partial charge in [0.2, 0.25) is 5.91 Å². The number of unbranched alkanes of at least 4 members (excludes halogenated alkanes) is 3. The second kappa shape index (κ2) is 15.6. The van der Waals surface area contributed by atoms with Crippen molar-refractivity contribution in [2.24, 2.45) is 0 Å². The molecule has 0 fully saturated rings. The smallest absolute Gasteiger partial charge is 0.407 e. The van der Waals surface area contributed by atoms with Crippen molar-refractivity contribution in [3.63, 3.8) is 0 Å². The molecule has 2 atom stereocenters. The summed E-state index contributed by atoms with van der Waals surface area (Å²) in [5.74, 6) is -0.943. The number of nitrogens with zero attached hydrogens (tertiary/aromatic N) is 1. The van der Waals surface area contributed by atoms with E-state index in [9.17, 15) is 19.2 Å². The van der Waals surface area contributed by atoms with Gasteiger partial charge in [0, 0.05) is 6.54 Å². The maximum absolute atomic E-state index is 13.7. The minimum Gasteiger partial charge on any atom is -0.489 e. The minimum absolute atomic E-state index is 0.0209. The van der Waals surface area contributed by atoms with E-state index in [0.717, 1.165) is 19.3 Å². The number of amides is 2. The molecule has 1 aromatic rings. The van der Waals surface area contributed by atoms with Gasteiger partial charge in [-0.15, -0.1) is 0 Å². The number of ether oxygens (including phenoxy) is 4. The summed E-state index contributed by atoms with van der Waals surface area (Å²) in [6.07, 6.45) is 3.13. The standard InChI is InChI=1S/C30H47N3O8/c1-8-38-27(36)21(15-11-9-10-14-18-31-28(37)41-30(5,6)7)32-22-20-39-24-17-13-12-16-23(24)33(26(22)35)19-25(34)40-29(2,3)4/h12-13,16-17,21-22,32H,8-11,14-15,18-20H2,1-7H3,(H,31,37)/t21-,22?/m0/s1. The third-order valence-electron chi connectivity index (χ3n) is 5.89. The maximum Gasteiger partial charge on any atom is 0.407 e. The van der Waals surface area contributed by atoms with Crippen LogP contribution in [0.1, 0.15) is 80.6 Å². The number of nitrogens with one attached hydrogen (secondary N) is 2. The van der Waals surface area contributed by atoms with Gasteiger partial charge in [0.05, 0.1) is 12.3 Å². The quantitative estimate of drug-likeness (QED) is 0.202. The number of esters is 2. The van der Waals surface area contributed by atoms with Crippen LogP contribution >= 0.6 is 0 Å². The summed E-state index contributed by atoms with van der Waals surface area (Å²) in [6.45, 7) is 12.8. The lowest BCUT2D eigenvalue weighted by Crippen LogP contribution is -2.55. The molecule has 0 aromatic heterocycles. The van der Waals surface area contributed by atoms with E-state index >= 15 is 0 Å². The number of carbonyl (C=O) groups is 4. The lowest BCUT2D eigenvalue weighted by molar-refractivity contribution is -0.154. The molecule has 0 bridgehead atoms. The van der Waals surface area contributed by atoms with E-state index < -0.39 is 47.2 Å². The molecule has 41 heavy (non-hydrogen) atoms. The molecule has 0 aliphatic carbocycles. The molecule has 230 valence electrons. The number of fused-ring (bicyclic) bond motifs is 1. The van der Waals surface area contributed by atoms with Crippen molar-refractivity contribution in [3.05, 3.63) is 24.3 Å². The van der Waals surface area contributed by atoms with Crippen molar-refractivity contribution < 1.29 is 38.1 Å². The molecular formula is C30H47N3O8. The summed E-state index contributed by atoms with van der Waals surface area (Å²) in [5.41, 5.74) is -0.792. The van der Waals surface area contributed by atoms with Gasteiger partial charge in [0.15, 0.2) is 0 Å². The molecule has 0 saturated heterocycles. The van der Waals surface area contributed by atoms with Crippen LogP contribution in [-0.2, 0) is 28.6 Å². The van der Waals surface area contributed by atoms with E-state index in [2.05, 4.69) is 10.6 Å². The lowest BCUT2D eigenvalue weighted by Gasteiger charge is -2.28. The zero-order valence-corrected chi connectivity index (χ0v) is 25.5. The number of benzene rings is 1. The summed E-state index contributed by atoms with van der Waals surface area (Å²) >= 11 is 0. The normalized spacial score (nSPS) is 16.1. The lowest BCUT2D eigenvalue weighted by atomic mass is 10.1. The molecule has 1 aliphatic heterocycles. The molecule has 1 aromatic carbocycles. The van der Waals surface area contributed by atoms with Crippen LogP contribution in [0.15, 0.2) is 24.3 Å². The predicted octanol–water partition coefficient (Wildman–Crippen LogP) is 4.12. The monoisotopic (exact) mass is 577 g/mol. The fraction of sp³-hybridized carbons (Fsp3) is 0.667. The maximum atomic E-state index is 13.7. The first-order valence-electron chi connectivity index (χ1n) is 14.3. The molecule has 11 nitrogen and oxygen atoms in total. The van der Waals surface area contributed by atoms with E-state index in [0.29, 0.717) is 30.8 Å². The second-order valence-corrected chi connectivity index (χ2v) is 11.9. The van der Waals surface area contributed by atoms with Crippen molar-refractivity contribution in [1.29, 1.82) is 0 Å². The van der Waals surface area contributed by atoms with Crippen LogP contribution < -0.4 is 20.3 Å². The van der Waals surface area contributed by atoms with Gasteiger partial charge in [-0.05, 0) is 73.4 Å². The average Bonchev–Trinajstić information content (AvgIpc) is 2.97. The first-order chi connectivity index (χ1) is 19.2. The Balaban J connectivity index is 2.00. The fourth-order valence-corrected chi connectivity index (χ4v) is 4.23. The van der Waals surface area contributed by atoms with Crippen LogP contribution in [0.4, 0.5) is 10.5 Å². The summed E-state index contributed by atoms with van der Waals surface area (Å²) < 4.78 is 21.9. The van der Waals surface area contributed by atoms with Gasteiger partial charge in [-0.2, -0.15) is 0 Å². The average molecular weight is 578 g/mol. The van der Waals surface area contributed by atoms with Crippen LogP contribution in [0.2, 0.25) is 0 Å². The van der Waals surface area contributed by atoms with Gasteiger partial charge in [0.25, 0.3) is 0 Å². The number of para-hydroxylation sites is 2. The molecule has 1 aliphatic rings. The molecule has 0 saturated carbocycles. The highest BCUT2D eigenvalue weighted by atomic mass is 16.6. The van der Waals surface area contributed by atoms with E-state index in [-0.39, 0.29) is 19.8 Å². The zero-order chi connectivity index (χ0) is 30.6. The van der Waals surface area contributed by atoms with E-state index in [1.807, 2.05) is 20.8 Å². The molecule has 11 heteroatoms. The molecule has 1 heterocycles. The molecule has 2 rings (SSSR count). The topological polar surface area (TPSA) is 132 Å². The molecule has 1 unspecified atom stereocenters. The number of carbonyl (C=O) groups excluding carboxylic acids is 4. The largest absolute Gasteiger partial charge is 0.489 e. The predicted molar refractivity (Wildman–Crippen MR) is 155 cm³/mol. The number of rotatable bonds is 13. The Bertz CT molecular complexity index is 1030. The molecule has 2 amide bonds. The van der Waals surface area contributed by atoms with Crippen molar-refractivity contribution in [1.82, 2.24) is 10.6 Å². The van der Waals surface area contributed by atoms with Crippen LogP contribution in [0.5, 0.6) is 5.75 Å². The highest BCUT2D eigenvalue weighted by molar-refractivity contribution is 6.02. The van der Waals surface area contributed by atoms with E-state index in [4.69, 9.17) is 18.9 Å². The number of hydrogen-bond donors (Lipinski definition) is 2. The summed E-state index contributed by atoms with van der Waals surface area (Å²) in [5, 5.41) is 5.88. The van der Waals surface area contributed by atoms with Crippen molar-refractivity contribution in [2.45, 2.75) is 104 Å². The molecular weight excluding hydrogens is 530 g/mol. The number of anilines is 1.